The Morgan fingerprint density at radius 3 is 2.70 bits per heavy atom. The van der Waals surface area contributed by atoms with Crippen LogP contribution in [-0.4, -0.2) is 48.4 Å². The number of carbonyl (C=O) groups is 2. The minimum atomic E-state index is -0.231. The lowest BCUT2D eigenvalue weighted by molar-refractivity contribution is -0.135. The first-order chi connectivity index (χ1) is 13.0. The summed E-state index contributed by atoms with van der Waals surface area (Å²) in [6.45, 7) is 3.45. The molecular weight excluding hydrogens is 342 g/mol. The quantitative estimate of drug-likeness (QED) is 0.763. The molecule has 0 bridgehead atoms. The monoisotopic (exact) mass is 367 g/mol. The van der Waals surface area contributed by atoms with Crippen LogP contribution in [0.25, 0.3) is 0 Å². The molecular formula is C20H25N5O2. The molecule has 2 N–H and O–H groups in total. The topological polar surface area (TPSA) is 88.5 Å². The van der Waals surface area contributed by atoms with Crippen LogP contribution in [-0.2, 0) is 15.0 Å². The van der Waals surface area contributed by atoms with Crippen molar-refractivity contribution in [3.05, 3.63) is 29.8 Å². The zero-order chi connectivity index (χ0) is 19.0. The van der Waals surface area contributed by atoms with Gasteiger partial charge in [-0.15, -0.1) is 0 Å². The first-order valence-electron chi connectivity index (χ1n) is 9.61. The number of hydrogen-bond acceptors (Lipinski definition) is 5. The number of nitriles is 1. The second-order valence-corrected chi connectivity index (χ2v) is 7.92. The minimum absolute atomic E-state index is 0.00510. The molecule has 1 aromatic rings. The number of amides is 2. The van der Waals surface area contributed by atoms with Crippen molar-refractivity contribution in [3.63, 3.8) is 0 Å². The molecule has 1 spiro atoms. The van der Waals surface area contributed by atoms with Gasteiger partial charge in [-0.05, 0) is 37.8 Å². The predicted molar refractivity (Wildman–Crippen MR) is 101 cm³/mol. The second kappa shape index (κ2) is 6.95. The third kappa shape index (κ3) is 3.09. The van der Waals surface area contributed by atoms with Gasteiger partial charge in [-0.3, -0.25) is 19.9 Å². The molecule has 0 radical (unpaired) electrons. The number of rotatable bonds is 2. The van der Waals surface area contributed by atoms with Gasteiger partial charge in [0, 0.05) is 36.7 Å². The van der Waals surface area contributed by atoms with Crippen molar-refractivity contribution in [1.29, 1.82) is 5.26 Å². The van der Waals surface area contributed by atoms with Crippen LogP contribution >= 0.6 is 0 Å². The summed E-state index contributed by atoms with van der Waals surface area (Å²) in [7, 11) is 0. The molecule has 2 fully saturated rings. The van der Waals surface area contributed by atoms with Crippen molar-refractivity contribution in [2.45, 2.75) is 50.1 Å². The summed E-state index contributed by atoms with van der Waals surface area (Å²) in [6.07, 6.45) is 2.76. The molecule has 2 saturated heterocycles. The summed E-state index contributed by atoms with van der Waals surface area (Å²) in [5.41, 5.74) is 7.95. The standard InChI is InChI=1S/C20H25N5O2/c1-14-12-16(23-22-14)19(27)24-9-6-20(7-10-24)13-18(26)25(11-8-21)17-5-3-2-4-15(17)20/h2-5,14,16,22-23H,6-7,9-13H2,1H3. The molecule has 142 valence electrons. The van der Waals surface area contributed by atoms with Crippen LogP contribution in [0.15, 0.2) is 24.3 Å². The maximum atomic E-state index is 12.8. The van der Waals surface area contributed by atoms with Crippen molar-refractivity contribution in [2.75, 3.05) is 24.5 Å². The van der Waals surface area contributed by atoms with E-state index in [0.29, 0.717) is 25.6 Å². The first-order valence-corrected chi connectivity index (χ1v) is 9.61. The Morgan fingerprint density at radius 2 is 2.04 bits per heavy atom. The Hall–Kier alpha value is -2.43. The van der Waals surface area contributed by atoms with Gasteiger partial charge < -0.3 is 4.90 Å². The highest BCUT2D eigenvalue weighted by Gasteiger charge is 2.46. The second-order valence-electron chi connectivity index (χ2n) is 7.92. The number of nitrogens with zero attached hydrogens (tertiary/aromatic N) is 3. The van der Waals surface area contributed by atoms with E-state index in [4.69, 9.17) is 5.26 Å². The minimum Gasteiger partial charge on any atom is -0.341 e. The largest absolute Gasteiger partial charge is 0.341 e. The van der Waals surface area contributed by atoms with Crippen molar-refractivity contribution in [2.24, 2.45) is 0 Å². The maximum absolute atomic E-state index is 12.8. The highest BCUT2D eigenvalue weighted by atomic mass is 16.2. The Balaban J connectivity index is 1.53. The van der Waals surface area contributed by atoms with E-state index in [1.165, 1.54) is 0 Å². The van der Waals surface area contributed by atoms with Gasteiger partial charge in [-0.25, -0.2) is 5.43 Å². The molecule has 4 rings (SSSR count). The lowest BCUT2D eigenvalue weighted by Crippen LogP contribution is -2.54. The number of nitrogens with one attached hydrogen (secondary N) is 2. The molecule has 2 atom stereocenters. The highest BCUT2D eigenvalue weighted by molar-refractivity contribution is 5.98. The van der Waals surface area contributed by atoms with Crippen LogP contribution in [0.5, 0.6) is 0 Å². The zero-order valence-corrected chi connectivity index (χ0v) is 15.6. The SMILES string of the molecule is CC1CC(C(=O)N2CCC3(CC2)CC(=O)N(CC#N)c2ccccc23)NN1. The molecule has 0 saturated carbocycles. The number of likely N-dealkylation sites (tertiary alicyclic amines) is 1. The average molecular weight is 367 g/mol. The van der Waals surface area contributed by atoms with Crippen molar-refractivity contribution < 1.29 is 9.59 Å². The van der Waals surface area contributed by atoms with Crippen LogP contribution in [0.4, 0.5) is 5.69 Å². The molecule has 1 aromatic carbocycles. The summed E-state index contributed by atoms with van der Waals surface area (Å²) in [4.78, 5) is 29.1. The van der Waals surface area contributed by atoms with E-state index in [-0.39, 0.29) is 29.8 Å². The van der Waals surface area contributed by atoms with E-state index in [1.807, 2.05) is 23.1 Å². The Labute approximate surface area is 159 Å². The number of piperidine rings is 1. The van der Waals surface area contributed by atoms with E-state index in [9.17, 15) is 9.59 Å². The van der Waals surface area contributed by atoms with E-state index in [2.05, 4.69) is 29.9 Å². The molecule has 0 aliphatic carbocycles. The molecule has 0 aromatic heterocycles. The van der Waals surface area contributed by atoms with Gasteiger partial charge in [0.25, 0.3) is 0 Å². The van der Waals surface area contributed by atoms with E-state index >= 15 is 0 Å². The Bertz CT molecular complexity index is 794. The normalized spacial score (nSPS) is 26.7. The molecule has 3 heterocycles. The third-order valence-corrected chi connectivity index (χ3v) is 6.21. The molecule has 3 aliphatic rings. The number of anilines is 1. The van der Waals surface area contributed by atoms with Gasteiger partial charge >= 0.3 is 0 Å². The van der Waals surface area contributed by atoms with Gasteiger partial charge in [0.1, 0.15) is 12.6 Å². The van der Waals surface area contributed by atoms with Crippen LogP contribution < -0.4 is 15.8 Å². The van der Waals surface area contributed by atoms with Crippen LogP contribution in [0.3, 0.4) is 0 Å². The molecule has 7 nitrogen and oxygen atoms in total. The fraction of sp³-hybridized carbons (Fsp3) is 0.550. The number of hydrogen-bond donors (Lipinski definition) is 2. The Morgan fingerprint density at radius 1 is 1.30 bits per heavy atom. The molecule has 2 unspecified atom stereocenters. The van der Waals surface area contributed by atoms with Gasteiger partial charge in [0.05, 0.1) is 6.07 Å². The summed E-state index contributed by atoms with van der Waals surface area (Å²) in [6, 6.07) is 10.1. The van der Waals surface area contributed by atoms with Crippen LogP contribution in [0.2, 0.25) is 0 Å². The fourth-order valence-electron chi connectivity index (χ4n) is 4.71. The zero-order valence-electron chi connectivity index (χ0n) is 15.6. The average Bonchev–Trinajstić information content (AvgIpc) is 3.12. The van der Waals surface area contributed by atoms with E-state index in [0.717, 1.165) is 30.5 Å². The molecule has 7 heteroatoms. The summed E-state index contributed by atoms with van der Waals surface area (Å²) >= 11 is 0. The maximum Gasteiger partial charge on any atom is 0.241 e. The van der Waals surface area contributed by atoms with E-state index < -0.39 is 0 Å². The number of hydrazine groups is 1. The molecule has 27 heavy (non-hydrogen) atoms. The highest BCUT2D eigenvalue weighted by Crippen LogP contribution is 2.46. The third-order valence-electron chi connectivity index (χ3n) is 6.21. The van der Waals surface area contributed by atoms with Crippen molar-refractivity contribution in [3.8, 4) is 6.07 Å². The smallest absolute Gasteiger partial charge is 0.241 e. The van der Waals surface area contributed by atoms with Crippen LogP contribution in [0, 0.1) is 11.3 Å². The predicted octanol–water partition coefficient (Wildman–Crippen LogP) is 1.06. The van der Waals surface area contributed by atoms with Gasteiger partial charge in [0.2, 0.25) is 11.8 Å². The molecule has 2 amide bonds. The van der Waals surface area contributed by atoms with Crippen molar-refractivity contribution in [1.82, 2.24) is 15.8 Å². The lowest BCUT2D eigenvalue weighted by Gasteiger charge is -2.47. The van der Waals surface area contributed by atoms with E-state index in [1.54, 1.807) is 4.90 Å². The summed E-state index contributed by atoms with van der Waals surface area (Å²) in [5, 5.41) is 9.08. The number of carbonyl (C=O) groups excluding carboxylic acids is 2. The van der Waals surface area contributed by atoms with Gasteiger partial charge in [0.15, 0.2) is 0 Å². The molecule has 3 aliphatic heterocycles. The van der Waals surface area contributed by atoms with Crippen LogP contribution in [0.1, 0.15) is 38.2 Å². The first kappa shape index (κ1) is 18.0. The summed E-state index contributed by atoms with van der Waals surface area (Å²) < 4.78 is 0. The Kier molecular flexibility index (Phi) is 4.62. The van der Waals surface area contributed by atoms with Crippen molar-refractivity contribution >= 4 is 17.5 Å². The number of benzene rings is 1. The fourth-order valence-corrected chi connectivity index (χ4v) is 4.71. The van der Waals surface area contributed by atoms with Gasteiger partial charge in [-0.2, -0.15) is 5.26 Å². The number of para-hydroxylation sites is 1. The summed E-state index contributed by atoms with van der Waals surface area (Å²) in [5.74, 6) is 0.147. The number of fused-ring (bicyclic) bond motifs is 2. The lowest BCUT2D eigenvalue weighted by atomic mass is 9.67. The van der Waals surface area contributed by atoms with Gasteiger partial charge in [-0.1, -0.05) is 18.2 Å².